The Morgan fingerprint density at radius 1 is 0.912 bits per heavy atom. The van der Waals surface area contributed by atoms with Crippen molar-refractivity contribution < 1.29 is 19.1 Å². The Labute approximate surface area is 202 Å². The van der Waals surface area contributed by atoms with Crippen molar-refractivity contribution in [3.8, 4) is 5.75 Å². The smallest absolute Gasteiger partial charge is 0.253 e. The number of carbonyl (C=O) groups is 3. The van der Waals surface area contributed by atoms with Gasteiger partial charge in [0.2, 0.25) is 11.8 Å². The summed E-state index contributed by atoms with van der Waals surface area (Å²) in [5, 5.41) is 2.79. The Morgan fingerprint density at radius 3 is 1.97 bits per heavy atom. The van der Waals surface area contributed by atoms with Gasteiger partial charge in [0.15, 0.2) is 0 Å². The molecule has 1 aliphatic rings. The van der Waals surface area contributed by atoms with Gasteiger partial charge in [0.1, 0.15) is 11.8 Å². The van der Waals surface area contributed by atoms with Crippen molar-refractivity contribution in [2.75, 3.05) is 33.3 Å². The van der Waals surface area contributed by atoms with Crippen LogP contribution >= 0.6 is 0 Å². The SMILES string of the molecule is COc1ccc(C[C@@H](NC(C)=O)C(=O)N2CCN(C(=O)c3ccc(C(C)(C)C)cc3)CC2)cc1. The number of piperazine rings is 1. The topological polar surface area (TPSA) is 79.0 Å². The number of rotatable bonds is 6. The van der Waals surface area contributed by atoms with E-state index in [9.17, 15) is 14.4 Å². The molecule has 1 aliphatic heterocycles. The van der Waals surface area contributed by atoms with E-state index in [0.717, 1.165) is 11.3 Å². The van der Waals surface area contributed by atoms with Gasteiger partial charge in [-0.25, -0.2) is 0 Å². The van der Waals surface area contributed by atoms with Crippen molar-refractivity contribution in [3.05, 3.63) is 65.2 Å². The van der Waals surface area contributed by atoms with Gasteiger partial charge < -0.3 is 19.9 Å². The first-order chi connectivity index (χ1) is 16.1. The highest BCUT2D eigenvalue weighted by Crippen LogP contribution is 2.23. The van der Waals surface area contributed by atoms with Crippen molar-refractivity contribution in [2.45, 2.75) is 45.6 Å². The lowest BCUT2D eigenvalue weighted by Crippen LogP contribution is -2.56. The highest BCUT2D eigenvalue weighted by molar-refractivity contribution is 5.94. The van der Waals surface area contributed by atoms with E-state index in [1.54, 1.807) is 16.9 Å². The van der Waals surface area contributed by atoms with E-state index in [1.165, 1.54) is 12.5 Å². The largest absolute Gasteiger partial charge is 0.497 e. The van der Waals surface area contributed by atoms with E-state index in [4.69, 9.17) is 4.74 Å². The van der Waals surface area contributed by atoms with Crippen LogP contribution in [0.1, 0.15) is 49.2 Å². The fraction of sp³-hybridized carbons (Fsp3) is 0.444. The fourth-order valence-electron chi connectivity index (χ4n) is 4.09. The van der Waals surface area contributed by atoms with Crippen molar-refractivity contribution in [1.82, 2.24) is 15.1 Å². The Hall–Kier alpha value is -3.35. The molecule has 1 atom stereocenters. The lowest BCUT2D eigenvalue weighted by Gasteiger charge is -2.36. The first-order valence-electron chi connectivity index (χ1n) is 11.7. The van der Waals surface area contributed by atoms with Crippen LogP contribution in [0.2, 0.25) is 0 Å². The molecular formula is C27H35N3O4. The molecule has 1 fully saturated rings. The van der Waals surface area contributed by atoms with Crippen molar-refractivity contribution >= 4 is 17.7 Å². The number of hydrogen-bond donors (Lipinski definition) is 1. The minimum absolute atomic E-state index is 0.0239. The van der Waals surface area contributed by atoms with E-state index >= 15 is 0 Å². The van der Waals surface area contributed by atoms with Gasteiger partial charge in [-0.05, 0) is 40.8 Å². The second kappa shape index (κ2) is 10.7. The molecule has 1 saturated heterocycles. The maximum atomic E-state index is 13.2. The Balaban J connectivity index is 1.61. The zero-order valence-corrected chi connectivity index (χ0v) is 20.8. The monoisotopic (exact) mass is 465 g/mol. The maximum absolute atomic E-state index is 13.2. The molecule has 0 saturated carbocycles. The summed E-state index contributed by atoms with van der Waals surface area (Å²) < 4.78 is 5.19. The molecule has 3 amide bonds. The Kier molecular flexibility index (Phi) is 7.97. The lowest BCUT2D eigenvalue weighted by molar-refractivity contribution is -0.137. The second-order valence-electron chi connectivity index (χ2n) is 9.75. The summed E-state index contributed by atoms with van der Waals surface area (Å²) in [6.45, 7) is 9.62. The molecule has 182 valence electrons. The molecule has 0 bridgehead atoms. The molecule has 1 N–H and O–H groups in total. The third-order valence-electron chi connectivity index (χ3n) is 6.15. The van der Waals surface area contributed by atoms with Crippen LogP contribution in [-0.2, 0) is 21.4 Å². The number of benzene rings is 2. The average molecular weight is 466 g/mol. The van der Waals surface area contributed by atoms with Gasteiger partial charge in [0.05, 0.1) is 7.11 Å². The zero-order valence-electron chi connectivity index (χ0n) is 20.8. The van der Waals surface area contributed by atoms with Crippen molar-refractivity contribution in [1.29, 1.82) is 0 Å². The lowest BCUT2D eigenvalue weighted by atomic mass is 9.86. The summed E-state index contributed by atoms with van der Waals surface area (Å²) in [4.78, 5) is 41.5. The fourth-order valence-corrected chi connectivity index (χ4v) is 4.09. The van der Waals surface area contributed by atoms with E-state index in [2.05, 4.69) is 26.1 Å². The van der Waals surface area contributed by atoms with Crippen molar-refractivity contribution in [3.63, 3.8) is 0 Å². The average Bonchev–Trinajstić information content (AvgIpc) is 2.82. The Bertz CT molecular complexity index is 1000. The third kappa shape index (κ3) is 6.37. The summed E-state index contributed by atoms with van der Waals surface area (Å²) in [6.07, 6.45) is 0.391. The molecule has 0 radical (unpaired) electrons. The standard InChI is InChI=1S/C27H35N3O4/c1-19(31)28-24(18-20-6-12-23(34-5)13-7-20)26(33)30-16-14-29(15-17-30)25(32)21-8-10-22(11-9-21)27(2,3)4/h6-13,24H,14-18H2,1-5H3,(H,28,31)/t24-/m1/s1. The highest BCUT2D eigenvalue weighted by Gasteiger charge is 2.30. The summed E-state index contributed by atoms with van der Waals surface area (Å²) in [5.74, 6) is 0.330. The maximum Gasteiger partial charge on any atom is 0.253 e. The van der Waals surface area contributed by atoms with Gasteiger partial charge in [0.25, 0.3) is 5.91 Å². The summed E-state index contributed by atoms with van der Waals surface area (Å²) in [5.41, 5.74) is 2.80. The predicted octanol–water partition coefficient (Wildman–Crippen LogP) is 3.02. The van der Waals surface area contributed by atoms with E-state index < -0.39 is 6.04 Å². The van der Waals surface area contributed by atoms with Gasteiger partial charge in [-0.2, -0.15) is 0 Å². The minimum Gasteiger partial charge on any atom is -0.497 e. The van der Waals surface area contributed by atoms with Crippen LogP contribution < -0.4 is 10.1 Å². The van der Waals surface area contributed by atoms with E-state index in [-0.39, 0.29) is 23.1 Å². The summed E-state index contributed by atoms with van der Waals surface area (Å²) in [7, 11) is 1.60. The first-order valence-corrected chi connectivity index (χ1v) is 11.7. The third-order valence-corrected chi connectivity index (χ3v) is 6.15. The number of ether oxygens (including phenoxy) is 1. The van der Waals surface area contributed by atoms with Crippen LogP contribution in [0.25, 0.3) is 0 Å². The Morgan fingerprint density at radius 2 is 1.47 bits per heavy atom. The molecule has 2 aromatic carbocycles. The summed E-state index contributed by atoms with van der Waals surface area (Å²) in [6, 6.07) is 14.6. The predicted molar refractivity (Wildman–Crippen MR) is 132 cm³/mol. The van der Waals surface area contributed by atoms with E-state index in [1.807, 2.05) is 48.5 Å². The second-order valence-corrected chi connectivity index (χ2v) is 9.75. The normalized spacial score (nSPS) is 15.0. The number of hydrogen-bond acceptors (Lipinski definition) is 4. The minimum atomic E-state index is -0.655. The van der Waals surface area contributed by atoms with Gasteiger partial charge in [0, 0.05) is 45.1 Å². The van der Waals surface area contributed by atoms with Crippen LogP contribution in [0.4, 0.5) is 0 Å². The van der Waals surface area contributed by atoms with Crippen molar-refractivity contribution in [2.24, 2.45) is 0 Å². The molecule has 7 nitrogen and oxygen atoms in total. The van der Waals surface area contributed by atoms with Crippen LogP contribution in [0.5, 0.6) is 5.75 Å². The van der Waals surface area contributed by atoms with Gasteiger partial charge in [-0.1, -0.05) is 45.0 Å². The molecule has 0 unspecified atom stereocenters. The number of amides is 3. The molecule has 2 aromatic rings. The molecule has 7 heteroatoms. The molecule has 0 aliphatic carbocycles. The molecule has 34 heavy (non-hydrogen) atoms. The van der Waals surface area contributed by atoms with Crippen LogP contribution in [0, 0.1) is 0 Å². The molecule has 3 rings (SSSR count). The zero-order chi connectivity index (χ0) is 24.9. The first kappa shape index (κ1) is 25.3. The van der Waals surface area contributed by atoms with Crippen LogP contribution in [0.15, 0.2) is 48.5 Å². The van der Waals surface area contributed by atoms with E-state index in [0.29, 0.717) is 38.2 Å². The molecule has 1 heterocycles. The summed E-state index contributed by atoms with van der Waals surface area (Å²) >= 11 is 0. The van der Waals surface area contributed by atoms with Crippen LogP contribution in [0.3, 0.4) is 0 Å². The highest BCUT2D eigenvalue weighted by atomic mass is 16.5. The number of nitrogens with zero attached hydrogens (tertiary/aromatic N) is 2. The quantitative estimate of drug-likeness (QED) is 0.711. The van der Waals surface area contributed by atoms with Gasteiger partial charge in [-0.15, -0.1) is 0 Å². The number of nitrogens with one attached hydrogen (secondary N) is 1. The number of carbonyl (C=O) groups excluding carboxylic acids is 3. The molecular weight excluding hydrogens is 430 g/mol. The molecule has 0 spiro atoms. The number of methoxy groups -OCH3 is 1. The molecule has 0 aromatic heterocycles. The van der Waals surface area contributed by atoms with Gasteiger partial charge in [-0.3, -0.25) is 14.4 Å². The van der Waals surface area contributed by atoms with Gasteiger partial charge >= 0.3 is 0 Å². The van der Waals surface area contributed by atoms with Crippen LogP contribution in [-0.4, -0.2) is 66.9 Å².